The molecule has 1 fully saturated rings. The van der Waals surface area contributed by atoms with Crippen molar-refractivity contribution in [1.82, 2.24) is 4.90 Å². The Kier molecular flexibility index (Phi) is 8.11. The number of allylic oxidation sites excluding steroid dienone is 2. The maximum atomic E-state index is 14.3. The number of piperidine rings is 1. The topological polar surface area (TPSA) is 111 Å². The highest BCUT2D eigenvalue weighted by Gasteiger charge is 2.25. The van der Waals surface area contributed by atoms with Crippen LogP contribution in [0.5, 0.6) is 0 Å². The smallest absolute Gasteiger partial charge is 0.156 e. The third-order valence-electron chi connectivity index (χ3n) is 4.88. The highest BCUT2D eigenvalue weighted by atomic mass is 19.1. The number of hydrogen-bond donors (Lipinski definition) is 4. The molecule has 0 aromatic heterocycles. The molecule has 1 saturated heterocycles. The van der Waals surface area contributed by atoms with E-state index in [0.717, 1.165) is 37.0 Å². The number of nitrogen functional groups attached to an aromatic ring is 1. The van der Waals surface area contributed by atoms with E-state index in [0.29, 0.717) is 11.2 Å². The lowest BCUT2D eigenvalue weighted by Gasteiger charge is -2.38. The second kappa shape index (κ2) is 9.64. The Balaban J connectivity index is 0.00000190. The van der Waals surface area contributed by atoms with Gasteiger partial charge in [-0.2, -0.15) is 0 Å². The van der Waals surface area contributed by atoms with Crippen LogP contribution in [0, 0.1) is 24.0 Å². The standard InChI is InChI=1S/C18H28F2N6.C2H6/c1-11-12(19)10-13(21)17(16(11)20)26(24)15(23)5-4-14(22)25-8-6-18(2,3)7-9-25;1-2/h4-5,10H,6-9,21-24H2,1-3H3;1-2H3/b14-4+,15-5+;. The molecule has 1 aromatic rings. The zero-order valence-electron chi connectivity index (χ0n) is 17.5. The maximum absolute atomic E-state index is 14.3. The van der Waals surface area contributed by atoms with Gasteiger partial charge in [-0.1, -0.05) is 27.7 Å². The molecule has 0 bridgehead atoms. The van der Waals surface area contributed by atoms with Crippen molar-refractivity contribution < 1.29 is 8.78 Å². The SMILES string of the molecule is CC.Cc1c(F)cc(N)c(N(N)/C(N)=C/C=C(\N)N2CCC(C)(C)CC2)c1F. The highest BCUT2D eigenvalue weighted by Crippen LogP contribution is 2.31. The Morgan fingerprint density at radius 3 is 2.21 bits per heavy atom. The maximum Gasteiger partial charge on any atom is 0.156 e. The summed E-state index contributed by atoms with van der Waals surface area (Å²) in [7, 11) is 0. The van der Waals surface area contributed by atoms with Crippen LogP contribution in [0.3, 0.4) is 0 Å². The first-order valence-corrected chi connectivity index (χ1v) is 9.50. The molecule has 0 radical (unpaired) electrons. The van der Waals surface area contributed by atoms with E-state index in [4.69, 9.17) is 23.0 Å². The molecule has 1 aliphatic heterocycles. The molecule has 0 spiro atoms. The van der Waals surface area contributed by atoms with Crippen molar-refractivity contribution >= 4 is 11.4 Å². The van der Waals surface area contributed by atoms with Crippen molar-refractivity contribution in [2.75, 3.05) is 23.8 Å². The minimum absolute atomic E-state index is 0.0295. The molecule has 0 amide bonds. The van der Waals surface area contributed by atoms with E-state index >= 15 is 0 Å². The quantitative estimate of drug-likeness (QED) is 0.269. The fourth-order valence-electron chi connectivity index (χ4n) is 2.82. The first-order chi connectivity index (χ1) is 13.0. The number of halogens is 2. The average Bonchev–Trinajstić information content (AvgIpc) is 2.65. The van der Waals surface area contributed by atoms with Gasteiger partial charge in [0, 0.05) is 18.7 Å². The third kappa shape index (κ3) is 5.51. The van der Waals surface area contributed by atoms with E-state index in [9.17, 15) is 8.78 Å². The van der Waals surface area contributed by atoms with E-state index in [2.05, 4.69) is 18.7 Å². The van der Waals surface area contributed by atoms with Crippen molar-refractivity contribution in [3.05, 3.63) is 47.1 Å². The van der Waals surface area contributed by atoms with Gasteiger partial charge in [0.05, 0.1) is 11.5 Å². The molecule has 0 saturated carbocycles. The van der Waals surface area contributed by atoms with Gasteiger partial charge in [0.2, 0.25) is 0 Å². The Morgan fingerprint density at radius 1 is 1.14 bits per heavy atom. The number of nitrogens with zero attached hydrogens (tertiary/aromatic N) is 2. The molecule has 1 aromatic carbocycles. The summed E-state index contributed by atoms with van der Waals surface area (Å²) < 4.78 is 27.9. The Bertz CT molecular complexity index is 733. The van der Waals surface area contributed by atoms with E-state index in [1.165, 1.54) is 13.0 Å². The van der Waals surface area contributed by atoms with Crippen LogP contribution in [0.4, 0.5) is 20.2 Å². The number of rotatable bonds is 4. The lowest BCUT2D eigenvalue weighted by Crippen LogP contribution is -2.39. The normalized spacial score (nSPS) is 17.1. The van der Waals surface area contributed by atoms with Gasteiger partial charge in [-0.15, -0.1) is 0 Å². The van der Waals surface area contributed by atoms with Crippen LogP contribution >= 0.6 is 0 Å². The molecule has 158 valence electrons. The second-order valence-corrected chi connectivity index (χ2v) is 7.44. The third-order valence-corrected chi connectivity index (χ3v) is 4.88. The van der Waals surface area contributed by atoms with Crippen LogP contribution in [0.15, 0.2) is 29.9 Å². The fourth-order valence-corrected chi connectivity index (χ4v) is 2.82. The zero-order chi connectivity index (χ0) is 21.6. The Hall–Kier alpha value is -2.48. The lowest BCUT2D eigenvalue weighted by molar-refractivity contribution is 0.161. The van der Waals surface area contributed by atoms with Gasteiger partial charge in [-0.05, 0) is 43.4 Å². The van der Waals surface area contributed by atoms with Crippen molar-refractivity contribution in [2.45, 2.75) is 47.5 Å². The van der Waals surface area contributed by atoms with Crippen LogP contribution in [0.25, 0.3) is 0 Å². The zero-order valence-corrected chi connectivity index (χ0v) is 17.5. The summed E-state index contributed by atoms with van der Waals surface area (Å²) in [4.78, 5) is 2.06. The highest BCUT2D eigenvalue weighted by molar-refractivity contribution is 5.71. The summed E-state index contributed by atoms with van der Waals surface area (Å²) in [6, 6.07) is 1.01. The van der Waals surface area contributed by atoms with Crippen LogP contribution in [-0.2, 0) is 0 Å². The van der Waals surface area contributed by atoms with E-state index in [1.54, 1.807) is 6.08 Å². The molecule has 1 heterocycles. The summed E-state index contributed by atoms with van der Waals surface area (Å²) in [5.41, 5.74) is 17.5. The predicted octanol–water partition coefficient (Wildman–Crippen LogP) is 3.28. The van der Waals surface area contributed by atoms with Gasteiger partial charge < -0.3 is 22.1 Å². The number of benzene rings is 1. The first kappa shape index (κ1) is 23.6. The first-order valence-electron chi connectivity index (χ1n) is 9.50. The van der Waals surface area contributed by atoms with Crippen molar-refractivity contribution in [2.24, 2.45) is 22.7 Å². The van der Waals surface area contributed by atoms with Gasteiger partial charge in [0.1, 0.15) is 17.3 Å². The van der Waals surface area contributed by atoms with Crippen molar-refractivity contribution in [1.29, 1.82) is 0 Å². The second-order valence-electron chi connectivity index (χ2n) is 7.44. The monoisotopic (exact) mass is 396 g/mol. The molecule has 8 heteroatoms. The summed E-state index contributed by atoms with van der Waals surface area (Å²) in [5, 5.41) is 0.889. The van der Waals surface area contributed by atoms with Gasteiger partial charge in [-0.25, -0.2) is 14.6 Å². The van der Waals surface area contributed by atoms with Gasteiger partial charge in [0.15, 0.2) is 5.82 Å². The van der Waals surface area contributed by atoms with Gasteiger partial charge in [-0.3, -0.25) is 5.01 Å². The average molecular weight is 397 g/mol. The number of hydrogen-bond acceptors (Lipinski definition) is 6. The molecule has 0 unspecified atom stereocenters. The van der Waals surface area contributed by atoms with Crippen molar-refractivity contribution in [3.8, 4) is 0 Å². The van der Waals surface area contributed by atoms with Gasteiger partial charge in [0.25, 0.3) is 0 Å². The molecule has 6 nitrogen and oxygen atoms in total. The van der Waals surface area contributed by atoms with Crippen molar-refractivity contribution in [3.63, 3.8) is 0 Å². The number of anilines is 2. The molecule has 28 heavy (non-hydrogen) atoms. The predicted molar refractivity (Wildman–Crippen MR) is 113 cm³/mol. The summed E-state index contributed by atoms with van der Waals surface area (Å²) in [5.74, 6) is 4.87. The van der Waals surface area contributed by atoms with Crippen LogP contribution in [0.1, 0.15) is 46.1 Å². The Labute approximate surface area is 166 Å². The number of hydrazine groups is 1. The molecule has 0 atom stereocenters. The van der Waals surface area contributed by atoms with Crippen LogP contribution in [0.2, 0.25) is 0 Å². The summed E-state index contributed by atoms with van der Waals surface area (Å²) >= 11 is 0. The van der Waals surface area contributed by atoms with Crippen LogP contribution in [-0.4, -0.2) is 18.0 Å². The molecule has 0 aliphatic carbocycles. The molecule has 2 rings (SSSR count). The van der Waals surface area contributed by atoms with Crippen LogP contribution < -0.4 is 28.1 Å². The van der Waals surface area contributed by atoms with E-state index in [1.807, 2.05) is 13.8 Å². The largest absolute Gasteiger partial charge is 0.397 e. The van der Waals surface area contributed by atoms with E-state index < -0.39 is 11.6 Å². The minimum atomic E-state index is -0.850. The van der Waals surface area contributed by atoms with E-state index in [-0.39, 0.29) is 22.8 Å². The number of nitrogens with two attached hydrogens (primary N) is 4. The minimum Gasteiger partial charge on any atom is -0.397 e. The number of likely N-dealkylation sites (tertiary alicyclic amines) is 1. The molecular formula is C20H34F2N6. The lowest BCUT2D eigenvalue weighted by atomic mass is 9.83. The molecular weight excluding hydrogens is 362 g/mol. The molecule has 1 aliphatic rings. The summed E-state index contributed by atoms with van der Waals surface area (Å²) in [6.45, 7) is 11.5. The fraction of sp³-hybridized carbons (Fsp3) is 0.500. The van der Waals surface area contributed by atoms with Gasteiger partial charge >= 0.3 is 0 Å². The molecule has 8 N–H and O–H groups in total. The summed E-state index contributed by atoms with van der Waals surface area (Å²) in [6.07, 6.45) is 5.19. The Morgan fingerprint density at radius 2 is 1.68 bits per heavy atom.